The van der Waals surface area contributed by atoms with Gasteiger partial charge in [0.25, 0.3) is 5.91 Å². The molecule has 0 bridgehead atoms. The first kappa shape index (κ1) is 20.9. The van der Waals surface area contributed by atoms with Crippen molar-refractivity contribution in [1.29, 1.82) is 0 Å². The molecule has 1 amide bonds. The number of carbonyl (C=O) groups is 1. The van der Waals surface area contributed by atoms with Crippen LogP contribution >= 0.6 is 11.6 Å². The highest BCUT2D eigenvalue weighted by Gasteiger charge is 2.15. The minimum atomic E-state index is -0.115. The van der Waals surface area contributed by atoms with E-state index in [2.05, 4.69) is 10.4 Å². The van der Waals surface area contributed by atoms with Gasteiger partial charge in [0.05, 0.1) is 12.2 Å². The first-order valence-electron chi connectivity index (χ1n) is 9.54. The van der Waals surface area contributed by atoms with Crippen molar-refractivity contribution in [2.24, 2.45) is 7.05 Å². The maximum Gasteiger partial charge on any atom is 0.251 e. The fourth-order valence-electron chi connectivity index (χ4n) is 3.21. The van der Waals surface area contributed by atoms with E-state index in [1.807, 2.05) is 71.1 Å². The zero-order chi connectivity index (χ0) is 21.1. The van der Waals surface area contributed by atoms with Gasteiger partial charge in [0.2, 0.25) is 0 Å². The molecule has 29 heavy (non-hydrogen) atoms. The Bertz CT molecular complexity index is 1000. The van der Waals surface area contributed by atoms with Gasteiger partial charge in [-0.05, 0) is 68.7 Å². The summed E-state index contributed by atoms with van der Waals surface area (Å²) in [4.78, 5) is 12.6. The number of aryl methyl sites for hydroxylation is 3. The van der Waals surface area contributed by atoms with Crippen molar-refractivity contribution in [3.63, 3.8) is 0 Å². The fourth-order valence-corrected chi connectivity index (χ4v) is 3.32. The zero-order valence-corrected chi connectivity index (χ0v) is 18.2. The van der Waals surface area contributed by atoms with Gasteiger partial charge in [-0.3, -0.25) is 9.48 Å². The lowest BCUT2D eigenvalue weighted by Crippen LogP contribution is -2.26. The topological polar surface area (TPSA) is 56.1 Å². The lowest BCUT2D eigenvalue weighted by molar-refractivity contribution is 0.0939. The van der Waals surface area contributed by atoms with Crippen molar-refractivity contribution in [1.82, 2.24) is 15.1 Å². The second-order valence-electron chi connectivity index (χ2n) is 7.36. The van der Waals surface area contributed by atoms with Crippen molar-refractivity contribution >= 4 is 17.5 Å². The second kappa shape index (κ2) is 8.70. The van der Waals surface area contributed by atoms with Crippen LogP contribution < -0.4 is 10.1 Å². The molecule has 3 rings (SSSR count). The van der Waals surface area contributed by atoms with Crippen LogP contribution in [-0.4, -0.2) is 15.7 Å². The molecule has 0 spiro atoms. The van der Waals surface area contributed by atoms with E-state index in [9.17, 15) is 4.79 Å². The SMILES string of the molecule is Cc1cc(OCc2ccc(C(=O)NC(C)c3cnn(C)c3C)cc2)cc(C)c1Cl. The number of benzene rings is 2. The number of halogens is 1. The van der Waals surface area contributed by atoms with E-state index in [1.165, 1.54) is 0 Å². The van der Waals surface area contributed by atoms with Gasteiger partial charge < -0.3 is 10.1 Å². The Balaban J connectivity index is 1.61. The van der Waals surface area contributed by atoms with E-state index >= 15 is 0 Å². The summed E-state index contributed by atoms with van der Waals surface area (Å²) in [6.45, 7) is 8.30. The number of aromatic nitrogens is 2. The molecule has 1 atom stereocenters. The first-order valence-corrected chi connectivity index (χ1v) is 9.92. The lowest BCUT2D eigenvalue weighted by Gasteiger charge is -2.14. The summed E-state index contributed by atoms with van der Waals surface area (Å²) in [5.74, 6) is 0.670. The quantitative estimate of drug-likeness (QED) is 0.616. The number of carbonyl (C=O) groups excluding carboxylic acids is 1. The van der Waals surface area contributed by atoms with Crippen LogP contribution in [0.3, 0.4) is 0 Å². The average molecular weight is 412 g/mol. The molecule has 6 heteroatoms. The lowest BCUT2D eigenvalue weighted by atomic mass is 10.1. The Morgan fingerprint density at radius 1 is 1.17 bits per heavy atom. The number of hydrogen-bond donors (Lipinski definition) is 1. The van der Waals surface area contributed by atoms with Crippen LogP contribution in [0.2, 0.25) is 5.02 Å². The smallest absolute Gasteiger partial charge is 0.251 e. The molecule has 1 heterocycles. The summed E-state index contributed by atoms with van der Waals surface area (Å²) < 4.78 is 7.68. The van der Waals surface area contributed by atoms with E-state index in [0.29, 0.717) is 12.2 Å². The van der Waals surface area contributed by atoms with Crippen molar-refractivity contribution in [3.8, 4) is 5.75 Å². The molecule has 0 fully saturated rings. The van der Waals surface area contributed by atoms with Crippen molar-refractivity contribution in [2.45, 2.75) is 40.3 Å². The highest BCUT2D eigenvalue weighted by atomic mass is 35.5. The molecule has 3 aromatic rings. The van der Waals surface area contributed by atoms with Gasteiger partial charge in [0, 0.05) is 28.9 Å². The Morgan fingerprint density at radius 2 is 1.79 bits per heavy atom. The van der Waals surface area contributed by atoms with Gasteiger partial charge in [0.1, 0.15) is 12.4 Å². The summed E-state index contributed by atoms with van der Waals surface area (Å²) in [6.07, 6.45) is 1.79. The van der Waals surface area contributed by atoms with E-state index in [0.717, 1.165) is 38.7 Å². The van der Waals surface area contributed by atoms with Crippen molar-refractivity contribution in [3.05, 3.63) is 81.1 Å². The maximum atomic E-state index is 12.6. The van der Waals surface area contributed by atoms with Crippen LogP contribution in [0.15, 0.2) is 42.6 Å². The highest BCUT2D eigenvalue weighted by molar-refractivity contribution is 6.32. The molecule has 0 aliphatic rings. The van der Waals surface area contributed by atoms with Gasteiger partial charge in [-0.2, -0.15) is 5.10 Å². The van der Waals surface area contributed by atoms with Crippen LogP contribution in [0.25, 0.3) is 0 Å². The molecule has 0 radical (unpaired) electrons. The molecule has 1 N–H and O–H groups in total. The Morgan fingerprint density at radius 3 is 2.34 bits per heavy atom. The standard InChI is InChI=1S/C23H26ClN3O2/c1-14-10-20(11-15(2)22(14)24)29-13-18-6-8-19(9-7-18)23(28)26-16(3)21-12-25-27(5)17(21)4/h6-12,16H,13H2,1-5H3,(H,26,28). The largest absolute Gasteiger partial charge is 0.489 e. The number of nitrogens with one attached hydrogen (secondary N) is 1. The summed E-state index contributed by atoms with van der Waals surface area (Å²) in [5, 5.41) is 8.03. The van der Waals surface area contributed by atoms with Crippen LogP contribution in [0.4, 0.5) is 0 Å². The number of nitrogens with zero attached hydrogens (tertiary/aromatic N) is 2. The first-order chi connectivity index (χ1) is 13.8. The van der Waals surface area contributed by atoms with Crippen LogP contribution in [0, 0.1) is 20.8 Å². The van der Waals surface area contributed by atoms with Gasteiger partial charge in [-0.15, -0.1) is 0 Å². The van der Waals surface area contributed by atoms with E-state index < -0.39 is 0 Å². The van der Waals surface area contributed by atoms with E-state index in [-0.39, 0.29) is 11.9 Å². The van der Waals surface area contributed by atoms with Gasteiger partial charge in [-0.1, -0.05) is 23.7 Å². The minimum Gasteiger partial charge on any atom is -0.489 e. The van der Waals surface area contributed by atoms with Crippen molar-refractivity contribution < 1.29 is 9.53 Å². The van der Waals surface area contributed by atoms with Crippen LogP contribution in [0.5, 0.6) is 5.75 Å². The molecule has 0 saturated heterocycles. The maximum absolute atomic E-state index is 12.6. The molecule has 1 unspecified atom stereocenters. The van der Waals surface area contributed by atoms with Gasteiger partial charge in [-0.25, -0.2) is 0 Å². The molecule has 0 aliphatic carbocycles. The summed E-state index contributed by atoms with van der Waals surface area (Å²) >= 11 is 6.20. The van der Waals surface area contributed by atoms with Gasteiger partial charge in [0.15, 0.2) is 0 Å². The molecular weight excluding hydrogens is 386 g/mol. The predicted octanol–water partition coefficient (Wildman–Crippen LogP) is 5.07. The van der Waals surface area contributed by atoms with Crippen LogP contribution in [0.1, 0.15) is 51.3 Å². The zero-order valence-electron chi connectivity index (χ0n) is 17.4. The van der Waals surface area contributed by atoms with E-state index in [4.69, 9.17) is 16.3 Å². The Labute approximate surface area is 176 Å². The monoisotopic (exact) mass is 411 g/mol. The summed E-state index contributed by atoms with van der Waals surface area (Å²) in [7, 11) is 1.89. The Hall–Kier alpha value is -2.79. The number of hydrogen-bond acceptors (Lipinski definition) is 3. The molecule has 152 valence electrons. The fraction of sp³-hybridized carbons (Fsp3) is 0.304. The Kier molecular flexibility index (Phi) is 6.28. The molecule has 5 nitrogen and oxygen atoms in total. The third-order valence-corrected chi connectivity index (χ3v) is 5.72. The highest BCUT2D eigenvalue weighted by Crippen LogP contribution is 2.26. The average Bonchev–Trinajstić information content (AvgIpc) is 3.03. The third kappa shape index (κ3) is 4.80. The van der Waals surface area contributed by atoms with Crippen LogP contribution in [-0.2, 0) is 13.7 Å². The number of amides is 1. The molecule has 2 aromatic carbocycles. The number of rotatable bonds is 6. The normalized spacial score (nSPS) is 11.9. The molecular formula is C23H26ClN3O2. The number of ether oxygens (including phenoxy) is 1. The molecule has 1 aromatic heterocycles. The molecule has 0 saturated carbocycles. The minimum absolute atomic E-state index is 0.114. The van der Waals surface area contributed by atoms with Gasteiger partial charge >= 0.3 is 0 Å². The summed E-state index contributed by atoms with van der Waals surface area (Å²) in [5.41, 5.74) is 5.64. The van der Waals surface area contributed by atoms with Crippen molar-refractivity contribution in [2.75, 3.05) is 0 Å². The van der Waals surface area contributed by atoms with E-state index in [1.54, 1.807) is 10.9 Å². The molecule has 0 aliphatic heterocycles. The third-order valence-electron chi connectivity index (χ3n) is 5.12. The summed E-state index contributed by atoms with van der Waals surface area (Å²) in [6, 6.07) is 11.2. The second-order valence-corrected chi connectivity index (χ2v) is 7.74. The predicted molar refractivity (Wildman–Crippen MR) is 116 cm³/mol.